The van der Waals surface area contributed by atoms with Crippen molar-refractivity contribution in [3.05, 3.63) is 32.9 Å². The second-order valence-corrected chi connectivity index (χ2v) is 7.59. The number of hydrogen-bond acceptors (Lipinski definition) is 5. The van der Waals surface area contributed by atoms with Crippen molar-refractivity contribution >= 4 is 56.4 Å². The number of esters is 2. The molecule has 0 spiro atoms. The zero-order valence-electron chi connectivity index (χ0n) is 15.1. The summed E-state index contributed by atoms with van der Waals surface area (Å²) in [5.74, 6) is -2.16. The largest absolute Gasteiger partial charge is 0.464 e. The summed E-state index contributed by atoms with van der Waals surface area (Å²) in [6.45, 7) is 4.70. The molecular formula is C18H23BrINO5. The minimum atomic E-state index is -1.91. The van der Waals surface area contributed by atoms with Crippen LogP contribution in [0, 0.1) is 3.57 Å². The first kappa shape index (κ1) is 22.9. The summed E-state index contributed by atoms with van der Waals surface area (Å²) < 4.78 is 11.2. The molecule has 1 rings (SSSR count). The van der Waals surface area contributed by atoms with Gasteiger partial charge in [-0.15, -0.1) is 0 Å². The highest BCUT2D eigenvalue weighted by atomic mass is 127. The molecule has 6 nitrogen and oxygen atoms in total. The van der Waals surface area contributed by atoms with Crippen LogP contribution in [0.3, 0.4) is 0 Å². The van der Waals surface area contributed by atoms with Gasteiger partial charge in [0, 0.05) is 22.2 Å². The average Bonchev–Trinajstić information content (AvgIpc) is 2.56. The van der Waals surface area contributed by atoms with E-state index in [1.807, 2.05) is 18.2 Å². The molecule has 0 aliphatic heterocycles. The molecule has 1 amide bonds. The van der Waals surface area contributed by atoms with Crippen LogP contribution in [0.4, 0.5) is 0 Å². The second-order valence-electron chi connectivity index (χ2n) is 5.56. The number of halogens is 2. The number of carbonyl (C=O) groups excluding carboxylic acids is 3. The lowest BCUT2D eigenvalue weighted by Crippen LogP contribution is -2.62. The first-order valence-corrected chi connectivity index (χ1v) is 10.5. The van der Waals surface area contributed by atoms with Crippen LogP contribution < -0.4 is 5.32 Å². The summed E-state index contributed by atoms with van der Waals surface area (Å²) in [7, 11) is 0. The van der Waals surface area contributed by atoms with Crippen LogP contribution in [0.25, 0.3) is 0 Å². The Kier molecular flexibility index (Phi) is 9.56. The van der Waals surface area contributed by atoms with Crippen molar-refractivity contribution in [2.24, 2.45) is 0 Å². The summed E-state index contributed by atoms with van der Waals surface area (Å²) in [4.78, 5) is 37.3. The number of rotatable bonds is 9. The zero-order chi connectivity index (χ0) is 19.7. The molecule has 0 fully saturated rings. The average molecular weight is 540 g/mol. The number of alkyl halides is 1. The Labute approximate surface area is 175 Å². The molecule has 0 unspecified atom stereocenters. The molecule has 1 aromatic carbocycles. The van der Waals surface area contributed by atoms with Gasteiger partial charge in [-0.3, -0.25) is 4.79 Å². The van der Waals surface area contributed by atoms with Crippen molar-refractivity contribution in [2.75, 3.05) is 18.5 Å². The van der Waals surface area contributed by atoms with Crippen molar-refractivity contribution in [3.63, 3.8) is 0 Å². The molecule has 0 saturated carbocycles. The molecule has 0 heterocycles. The summed E-state index contributed by atoms with van der Waals surface area (Å²) >= 11 is 5.58. The lowest BCUT2D eigenvalue weighted by molar-refractivity contribution is -0.168. The first-order chi connectivity index (χ1) is 12.3. The molecular weight excluding hydrogens is 517 g/mol. The summed E-state index contributed by atoms with van der Waals surface area (Å²) in [5, 5.41) is 3.23. The fourth-order valence-corrected chi connectivity index (χ4v) is 3.56. The molecule has 8 heteroatoms. The Hall–Kier alpha value is -1.16. The molecule has 0 radical (unpaired) electrons. The monoisotopic (exact) mass is 539 g/mol. The fraction of sp³-hybridized carbons (Fsp3) is 0.500. The van der Waals surface area contributed by atoms with Gasteiger partial charge in [0.2, 0.25) is 11.4 Å². The molecule has 26 heavy (non-hydrogen) atoms. The van der Waals surface area contributed by atoms with Crippen LogP contribution in [0.2, 0.25) is 0 Å². The number of benzene rings is 1. The first-order valence-electron chi connectivity index (χ1n) is 8.27. The molecule has 144 valence electrons. The van der Waals surface area contributed by atoms with Gasteiger partial charge < -0.3 is 14.8 Å². The Morgan fingerprint density at radius 3 is 2.15 bits per heavy atom. The highest BCUT2D eigenvalue weighted by Gasteiger charge is 2.50. The predicted octanol–water partition coefficient (Wildman–Crippen LogP) is 2.77. The van der Waals surface area contributed by atoms with Gasteiger partial charge in [0.05, 0.1) is 13.2 Å². The van der Waals surface area contributed by atoms with Crippen molar-refractivity contribution in [1.29, 1.82) is 0 Å². The summed E-state index contributed by atoms with van der Waals surface area (Å²) in [6.07, 6.45) is 0.678. The molecule has 0 aliphatic carbocycles. The van der Waals surface area contributed by atoms with E-state index >= 15 is 0 Å². The fourth-order valence-electron chi connectivity index (χ4n) is 2.57. The van der Waals surface area contributed by atoms with Crippen LogP contribution in [-0.4, -0.2) is 41.9 Å². The highest BCUT2D eigenvalue weighted by Crippen LogP contribution is 2.24. The third-order valence-electron chi connectivity index (χ3n) is 3.62. The normalized spacial score (nSPS) is 11.0. The third kappa shape index (κ3) is 5.94. The number of aryl methyl sites for hydroxylation is 1. The highest BCUT2D eigenvalue weighted by molar-refractivity contribution is 14.1. The quantitative estimate of drug-likeness (QED) is 0.226. The lowest BCUT2D eigenvalue weighted by Gasteiger charge is -2.30. The van der Waals surface area contributed by atoms with E-state index in [1.54, 1.807) is 13.8 Å². The van der Waals surface area contributed by atoms with E-state index in [2.05, 4.69) is 43.8 Å². The van der Waals surface area contributed by atoms with E-state index in [9.17, 15) is 14.4 Å². The van der Waals surface area contributed by atoms with Gasteiger partial charge in [-0.25, -0.2) is 9.59 Å². The second kappa shape index (κ2) is 10.9. The predicted molar refractivity (Wildman–Crippen MR) is 110 cm³/mol. The molecule has 0 atom stereocenters. The summed E-state index contributed by atoms with van der Waals surface area (Å²) in [5.41, 5.74) is -0.152. The van der Waals surface area contributed by atoms with Crippen LogP contribution in [0.15, 0.2) is 18.2 Å². The van der Waals surface area contributed by atoms with E-state index in [-0.39, 0.29) is 19.6 Å². The maximum atomic E-state index is 12.7. The number of nitrogens with one attached hydrogen (secondary N) is 1. The van der Waals surface area contributed by atoms with E-state index in [0.717, 1.165) is 20.0 Å². The lowest BCUT2D eigenvalue weighted by atomic mass is 9.87. The minimum absolute atomic E-state index is 0.0383. The number of ether oxygens (including phenoxy) is 2. The molecule has 0 aliphatic rings. The maximum Gasteiger partial charge on any atom is 0.344 e. The molecule has 1 aromatic rings. The molecule has 1 N–H and O–H groups in total. The molecule has 0 bridgehead atoms. The zero-order valence-corrected chi connectivity index (χ0v) is 18.8. The van der Waals surface area contributed by atoms with E-state index in [1.165, 1.54) is 6.92 Å². The van der Waals surface area contributed by atoms with Gasteiger partial charge in [0.15, 0.2) is 0 Å². The smallest absolute Gasteiger partial charge is 0.344 e. The van der Waals surface area contributed by atoms with E-state index in [4.69, 9.17) is 9.47 Å². The van der Waals surface area contributed by atoms with Crippen LogP contribution in [0.5, 0.6) is 0 Å². The Balaban J connectivity index is 3.47. The van der Waals surface area contributed by atoms with E-state index < -0.39 is 23.4 Å². The van der Waals surface area contributed by atoms with Crippen molar-refractivity contribution < 1.29 is 23.9 Å². The number of hydrogen-bond donors (Lipinski definition) is 1. The van der Waals surface area contributed by atoms with Crippen molar-refractivity contribution in [2.45, 2.75) is 39.2 Å². The van der Waals surface area contributed by atoms with Gasteiger partial charge in [0.1, 0.15) is 0 Å². The van der Waals surface area contributed by atoms with Gasteiger partial charge in [0.25, 0.3) is 0 Å². The van der Waals surface area contributed by atoms with Gasteiger partial charge in [-0.2, -0.15) is 0 Å². The topological polar surface area (TPSA) is 81.7 Å². The van der Waals surface area contributed by atoms with Crippen LogP contribution in [0.1, 0.15) is 31.9 Å². The number of carbonyl (C=O) groups is 3. The SMILES string of the molecule is CCOC(=O)C(Cc1cc(I)ccc1CCBr)(NC(C)=O)C(=O)OCC. The minimum Gasteiger partial charge on any atom is -0.464 e. The molecule has 0 saturated heterocycles. The van der Waals surface area contributed by atoms with Crippen LogP contribution >= 0.6 is 38.5 Å². The molecule has 0 aromatic heterocycles. The van der Waals surface area contributed by atoms with Gasteiger partial charge in [-0.1, -0.05) is 22.0 Å². The maximum absolute atomic E-state index is 12.7. The standard InChI is InChI=1S/C18H23BrINO5/c1-4-25-16(23)18(21-12(3)22,17(24)26-5-2)11-14-10-15(20)7-6-13(14)8-9-19/h6-7,10H,4-5,8-9,11H2,1-3H3,(H,21,22). The van der Waals surface area contributed by atoms with Gasteiger partial charge >= 0.3 is 11.9 Å². The van der Waals surface area contributed by atoms with Crippen molar-refractivity contribution in [1.82, 2.24) is 5.32 Å². The van der Waals surface area contributed by atoms with Gasteiger partial charge in [-0.05, 0) is 66.1 Å². The Morgan fingerprint density at radius 2 is 1.69 bits per heavy atom. The van der Waals surface area contributed by atoms with Crippen molar-refractivity contribution in [3.8, 4) is 0 Å². The van der Waals surface area contributed by atoms with Crippen LogP contribution in [-0.2, 0) is 36.7 Å². The third-order valence-corrected chi connectivity index (χ3v) is 4.69. The Bertz CT molecular complexity index is 647. The Morgan fingerprint density at radius 1 is 1.12 bits per heavy atom. The van der Waals surface area contributed by atoms with E-state index in [0.29, 0.717) is 6.42 Å². The number of amides is 1. The summed E-state index contributed by atoms with van der Waals surface area (Å²) in [6, 6.07) is 5.80.